The summed E-state index contributed by atoms with van der Waals surface area (Å²) in [5.74, 6) is 1.81. The first-order valence-corrected chi connectivity index (χ1v) is 8.37. The molecule has 1 heterocycles. The topological polar surface area (TPSA) is 24.5 Å². The van der Waals surface area contributed by atoms with Crippen molar-refractivity contribution in [3.63, 3.8) is 0 Å². The summed E-state index contributed by atoms with van der Waals surface area (Å²) in [4.78, 5) is 2.72. The number of rotatable bonds is 4. The van der Waals surface area contributed by atoms with Gasteiger partial charge in [-0.25, -0.2) is 0 Å². The fourth-order valence-corrected chi connectivity index (χ4v) is 4.06. The van der Waals surface area contributed by atoms with E-state index in [-0.39, 0.29) is 0 Å². The van der Waals surface area contributed by atoms with E-state index in [2.05, 4.69) is 42.3 Å². The standard InChI is InChI=1S/C18H28N2O/c1-4-19-18-16-11-15(21-3)8-7-14(16)10-17(18)20-9-5-6-13(2)12-20/h7-8,11,13,17-19H,4-6,9-10,12H2,1-3H3. The molecule has 2 aliphatic rings. The molecule has 3 nitrogen and oxygen atoms in total. The van der Waals surface area contributed by atoms with E-state index in [1.54, 1.807) is 7.11 Å². The molecule has 1 fully saturated rings. The molecule has 0 spiro atoms. The zero-order valence-corrected chi connectivity index (χ0v) is 13.6. The van der Waals surface area contributed by atoms with Gasteiger partial charge >= 0.3 is 0 Å². The van der Waals surface area contributed by atoms with Crippen LogP contribution in [0.5, 0.6) is 5.75 Å². The van der Waals surface area contributed by atoms with Crippen LogP contribution in [0.25, 0.3) is 0 Å². The summed E-state index contributed by atoms with van der Waals surface area (Å²) in [6.45, 7) is 8.11. The first kappa shape index (κ1) is 14.9. The molecule has 3 atom stereocenters. The second-order valence-electron chi connectivity index (χ2n) is 6.61. The molecular formula is C18H28N2O. The maximum atomic E-state index is 5.42. The lowest BCUT2D eigenvalue weighted by Crippen LogP contribution is -2.47. The summed E-state index contributed by atoms with van der Waals surface area (Å²) < 4.78 is 5.42. The fourth-order valence-electron chi connectivity index (χ4n) is 4.06. The molecule has 0 amide bonds. The summed E-state index contributed by atoms with van der Waals surface area (Å²) in [5.41, 5.74) is 2.93. The highest BCUT2D eigenvalue weighted by atomic mass is 16.5. The van der Waals surface area contributed by atoms with E-state index in [1.165, 1.54) is 43.5 Å². The Morgan fingerprint density at radius 3 is 2.95 bits per heavy atom. The molecule has 1 aliphatic carbocycles. The normalized spacial score (nSPS) is 29.4. The van der Waals surface area contributed by atoms with E-state index >= 15 is 0 Å². The minimum Gasteiger partial charge on any atom is -0.497 e. The molecule has 116 valence electrons. The highest BCUT2D eigenvalue weighted by molar-refractivity contribution is 5.43. The van der Waals surface area contributed by atoms with Gasteiger partial charge in [-0.15, -0.1) is 0 Å². The molecule has 3 rings (SSSR count). The monoisotopic (exact) mass is 288 g/mol. The second kappa shape index (κ2) is 6.37. The third-order valence-corrected chi connectivity index (χ3v) is 5.08. The van der Waals surface area contributed by atoms with Crippen molar-refractivity contribution >= 4 is 0 Å². The first-order valence-electron chi connectivity index (χ1n) is 8.37. The molecule has 0 aromatic heterocycles. The summed E-state index contributed by atoms with van der Waals surface area (Å²) in [6.07, 6.45) is 3.90. The molecular weight excluding hydrogens is 260 g/mol. The Morgan fingerprint density at radius 1 is 1.38 bits per heavy atom. The number of ether oxygens (including phenoxy) is 1. The van der Waals surface area contributed by atoms with Gasteiger partial charge in [0.25, 0.3) is 0 Å². The highest BCUT2D eigenvalue weighted by Gasteiger charge is 2.37. The van der Waals surface area contributed by atoms with Crippen LogP contribution in [0.3, 0.4) is 0 Å². The summed E-state index contributed by atoms with van der Waals surface area (Å²) in [6, 6.07) is 7.64. The van der Waals surface area contributed by atoms with E-state index < -0.39 is 0 Å². The van der Waals surface area contributed by atoms with Crippen molar-refractivity contribution in [2.24, 2.45) is 5.92 Å². The Morgan fingerprint density at radius 2 is 2.24 bits per heavy atom. The van der Waals surface area contributed by atoms with Crippen molar-refractivity contribution in [3.05, 3.63) is 29.3 Å². The number of piperidine rings is 1. The van der Waals surface area contributed by atoms with E-state index in [1.807, 2.05) is 0 Å². The third kappa shape index (κ3) is 2.95. The van der Waals surface area contributed by atoms with Gasteiger partial charge in [0.1, 0.15) is 5.75 Å². The molecule has 21 heavy (non-hydrogen) atoms. The van der Waals surface area contributed by atoms with Crippen LogP contribution in [0.4, 0.5) is 0 Å². The van der Waals surface area contributed by atoms with Crippen LogP contribution in [0.15, 0.2) is 18.2 Å². The predicted octanol–water partition coefficient (Wildman–Crippen LogP) is 3.00. The molecule has 1 aromatic rings. The van der Waals surface area contributed by atoms with Crippen molar-refractivity contribution in [2.75, 3.05) is 26.7 Å². The van der Waals surface area contributed by atoms with E-state index in [9.17, 15) is 0 Å². The van der Waals surface area contributed by atoms with Crippen LogP contribution in [-0.4, -0.2) is 37.7 Å². The van der Waals surface area contributed by atoms with Crippen LogP contribution in [-0.2, 0) is 6.42 Å². The Kier molecular flexibility index (Phi) is 4.51. The number of likely N-dealkylation sites (tertiary alicyclic amines) is 1. The zero-order chi connectivity index (χ0) is 14.8. The van der Waals surface area contributed by atoms with Crippen molar-refractivity contribution in [1.29, 1.82) is 0 Å². The van der Waals surface area contributed by atoms with E-state index in [0.717, 1.165) is 18.2 Å². The summed E-state index contributed by atoms with van der Waals surface area (Å²) in [5, 5.41) is 3.72. The minimum atomic E-state index is 0.449. The molecule has 1 N–H and O–H groups in total. The average molecular weight is 288 g/mol. The van der Waals surface area contributed by atoms with Crippen molar-refractivity contribution in [3.8, 4) is 5.75 Å². The van der Waals surface area contributed by atoms with Crippen LogP contribution < -0.4 is 10.1 Å². The molecule has 0 saturated carbocycles. The van der Waals surface area contributed by atoms with Gasteiger partial charge in [-0.1, -0.05) is 19.9 Å². The van der Waals surface area contributed by atoms with Crippen LogP contribution in [0.1, 0.15) is 43.9 Å². The van der Waals surface area contributed by atoms with E-state index in [0.29, 0.717) is 12.1 Å². The van der Waals surface area contributed by atoms with Crippen molar-refractivity contribution in [1.82, 2.24) is 10.2 Å². The smallest absolute Gasteiger partial charge is 0.119 e. The molecule has 3 heteroatoms. The number of nitrogens with zero attached hydrogens (tertiary/aromatic N) is 1. The number of hydrogen-bond donors (Lipinski definition) is 1. The summed E-state index contributed by atoms with van der Waals surface area (Å²) in [7, 11) is 1.75. The van der Waals surface area contributed by atoms with Crippen LogP contribution in [0, 0.1) is 5.92 Å². The SMILES string of the molecule is CCNC1c2cc(OC)ccc2CC1N1CCCC(C)C1. The molecule has 3 unspecified atom stereocenters. The van der Waals surface area contributed by atoms with Gasteiger partial charge in [0.2, 0.25) is 0 Å². The van der Waals surface area contributed by atoms with Gasteiger partial charge in [0.05, 0.1) is 7.11 Å². The Balaban J connectivity index is 1.85. The minimum absolute atomic E-state index is 0.449. The lowest BCUT2D eigenvalue weighted by Gasteiger charge is -2.38. The van der Waals surface area contributed by atoms with Gasteiger partial charge in [-0.2, -0.15) is 0 Å². The summed E-state index contributed by atoms with van der Waals surface area (Å²) >= 11 is 0. The predicted molar refractivity (Wildman–Crippen MR) is 86.9 cm³/mol. The number of methoxy groups -OCH3 is 1. The first-order chi connectivity index (χ1) is 10.2. The molecule has 1 aliphatic heterocycles. The van der Waals surface area contributed by atoms with Gasteiger partial charge in [0.15, 0.2) is 0 Å². The quantitative estimate of drug-likeness (QED) is 0.922. The Hall–Kier alpha value is -1.06. The maximum absolute atomic E-state index is 5.42. The Bertz CT molecular complexity index is 488. The average Bonchev–Trinajstić information content (AvgIpc) is 2.86. The van der Waals surface area contributed by atoms with E-state index in [4.69, 9.17) is 4.74 Å². The van der Waals surface area contributed by atoms with Crippen molar-refractivity contribution < 1.29 is 4.74 Å². The fraction of sp³-hybridized carbons (Fsp3) is 0.667. The molecule has 1 aromatic carbocycles. The Labute approximate surface area is 128 Å². The maximum Gasteiger partial charge on any atom is 0.119 e. The zero-order valence-electron chi connectivity index (χ0n) is 13.6. The number of benzene rings is 1. The number of nitrogens with one attached hydrogen (secondary N) is 1. The van der Waals surface area contributed by atoms with Crippen LogP contribution >= 0.6 is 0 Å². The molecule has 0 radical (unpaired) electrons. The third-order valence-electron chi connectivity index (χ3n) is 5.08. The highest BCUT2D eigenvalue weighted by Crippen LogP contribution is 2.38. The van der Waals surface area contributed by atoms with Gasteiger partial charge < -0.3 is 10.1 Å². The largest absolute Gasteiger partial charge is 0.497 e. The van der Waals surface area contributed by atoms with Crippen molar-refractivity contribution in [2.45, 2.75) is 45.2 Å². The number of hydrogen-bond acceptors (Lipinski definition) is 3. The second-order valence-corrected chi connectivity index (χ2v) is 6.61. The van der Waals surface area contributed by atoms with Crippen LogP contribution in [0.2, 0.25) is 0 Å². The molecule has 1 saturated heterocycles. The lowest BCUT2D eigenvalue weighted by molar-refractivity contribution is 0.111. The van der Waals surface area contributed by atoms with Gasteiger partial charge in [0, 0.05) is 18.6 Å². The lowest BCUT2D eigenvalue weighted by atomic mass is 9.96. The number of likely N-dealkylation sites (N-methyl/N-ethyl adjacent to an activating group) is 1. The van der Waals surface area contributed by atoms with Gasteiger partial charge in [-0.05, 0) is 61.5 Å². The van der Waals surface area contributed by atoms with Gasteiger partial charge in [-0.3, -0.25) is 4.90 Å². The number of fused-ring (bicyclic) bond motifs is 1. The molecule has 0 bridgehead atoms.